The van der Waals surface area contributed by atoms with Crippen LogP contribution in [0.15, 0.2) is 47.6 Å². The number of benzene rings is 2. The van der Waals surface area contributed by atoms with Gasteiger partial charge in [-0.3, -0.25) is 9.59 Å². The minimum atomic E-state index is -0.841. The monoisotopic (exact) mass is 459 g/mol. The SMILES string of the molecule is CCOc1cc(/C=N\NC(=O)C(=O)NC[C@H]2CCCO2)ccc1OCc1ccc(Cl)cc1. The van der Waals surface area contributed by atoms with Crippen LogP contribution in [0.5, 0.6) is 11.5 Å². The highest BCUT2D eigenvalue weighted by molar-refractivity contribution is 6.35. The Labute approximate surface area is 191 Å². The molecular formula is C23H26ClN3O5. The average molecular weight is 460 g/mol. The van der Waals surface area contributed by atoms with E-state index in [4.69, 9.17) is 25.8 Å². The van der Waals surface area contributed by atoms with Gasteiger partial charge in [-0.25, -0.2) is 5.43 Å². The highest BCUT2D eigenvalue weighted by Gasteiger charge is 2.19. The first-order chi connectivity index (χ1) is 15.5. The van der Waals surface area contributed by atoms with Gasteiger partial charge in [0.05, 0.1) is 18.9 Å². The van der Waals surface area contributed by atoms with Crippen molar-refractivity contribution in [1.29, 1.82) is 0 Å². The number of nitrogens with zero attached hydrogens (tertiary/aromatic N) is 1. The van der Waals surface area contributed by atoms with Crippen LogP contribution in [0.25, 0.3) is 0 Å². The van der Waals surface area contributed by atoms with Gasteiger partial charge in [-0.2, -0.15) is 5.10 Å². The fourth-order valence-corrected chi connectivity index (χ4v) is 3.17. The van der Waals surface area contributed by atoms with Crippen LogP contribution in [-0.2, 0) is 20.9 Å². The molecule has 1 fully saturated rings. The summed E-state index contributed by atoms with van der Waals surface area (Å²) in [6.45, 7) is 3.69. The normalized spacial score (nSPS) is 15.5. The van der Waals surface area contributed by atoms with E-state index >= 15 is 0 Å². The molecule has 0 unspecified atom stereocenters. The number of carbonyl (C=O) groups excluding carboxylic acids is 2. The number of halogens is 1. The topological polar surface area (TPSA) is 98.2 Å². The summed E-state index contributed by atoms with van der Waals surface area (Å²) in [6, 6.07) is 12.7. The number of rotatable bonds is 9. The van der Waals surface area contributed by atoms with Gasteiger partial charge < -0.3 is 19.5 Å². The molecule has 32 heavy (non-hydrogen) atoms. The molecule has 1 heterocycles. The predicted molar refractivity (Wildman–Crippen MR) is 121 cm³/mol. The summed E-state index contributed by atoms with van der Waals surface area (Å²) in [5.74, 6) is -0.464. The maximum absolute atomic E-state index is 11.9. The lowest BCUT2D eigenvalue weighted by Gasteiger charge is -2.12. The molecule has 0 aliphatic carbocycles. The molecule has 0 bridgehead atoms. The summed E-state index contributed by atoms with van der Waals surface area (Å²) in [6.07, 6.45) is 3.23. The van der Waals surface area contributed by atoms with E-state index in [-0.39, 0.29) is 6.10 Å². The van der Waals surface area contributed by atoms with Gasteiger partial charge in [0, 0.05) is 18.2 Å². The van der Waals surface area contributed by atoms with Crippen molar-refractivity contribution in [3.05, 3.63) is 58.6 Å². The Morgan fingerprint density at radius 1 is 1.16 bits per heavy atom. The van der Waals surface area contributed by atoms with Crippen molar-refractivity contribution >= 4 is 29.6 Å². The highest BCUT2D eigenvalue weighted by Crippen LogP contribution is 2.29. The Bertz CT molecular complexity index is 943. The summed E-state index contributed by atoms with van der Waals surface area (Å²) >= 11 is 5.91. The van der Waals surface area contributed by atoms with E-state index in [1.165, 1.54) is 6.21 Å². The van der Waals surface area contributed by atoms with E-state index in [1.807, 2.05) is 19.1 Å². The Balaban J connectivity index is 1.53. The number of carbonyl (C=O) groups is 2. The van der Waals surface area contributed by atoms with E-state index in [2.05, 4.69) is 15.8 Å². The van der Waals surface area contributed by atoms with Gasteiger partial charge in [-0.05, 0) is 61.2 Å². The van der Waals surface area contributed by atoms with Gasteiger partial charge in [0.2, 0.25) is 0 Å². The molecule has 1 aliphatic rings. The molecule has 2 aromatic rings. The minimum Gasteiger partial charge on any atom is -0.490 e. The molecule has 0 spiro atoms. The molecule has 2 amide bonds. The second kappa shape index (κ2) is 12.1. The molecule has 2 aromatic carbocycles. The summed E-state index contributed by atoms with van der Waals surface area (Å²) in [4.78, 5) is 23.7. The van der Waals surface area contributed by atoms with Gasteiger partial charge in [0.25, 0.3) is 0 Å². The minimum absolute atomic E-state index is 0.0346. The maximum atomic E-state index is 11.9. The van der Waals surface area contributed by atoms with Crippen LogP contribution in [0.1, 0.15) is 30.9 Å². The third-order valence-corrected chi connectivity index (χ3v) is 4.93. The van der Waals surface area contributed by atoms with E-state index in [1.54, 1.807) is 30.3 Å². The smallest absolute Gasteiger partial charge is 0.329 e. The van der Waals surface area contributed by atoms with Crippen LogP contribution in [-0.4, -0.2) is 43.9 Å². The first kappa shape index (κ1) is 23.6. The van der Waals surface area contributed by atoms with E-state index < -0.39 is 11.8 Å². The fourth-order valence-electron chi connectivity index (χ4n) is 3.04. The van der Waals surface area contributed by atoms with Crippen LogP contribution in [0, 0.1) is 0 Å². The summed E-state index contributed by atoms with van der Waals surface area (Å²) < 4.78 is 16.9. The zero-order valence-corrected chi connectivity index (χ0v) is 18.6. The van der Waals surface area contributed by atoms with Gasteiger partial charge in [-0.1, -0.05) is 23.7 Å². The third kappa shape index (κ3) is 7.25. The molecule has 9 heteroatoms. The Kier molecular flexibility index (Phi) is 8.89. The van der Waals surface area contributed by atoms with Crippen molar-refractivity contribution in [1.82, 2.24) is 10.7 Å². The predicted octanol–water partition coefficient (Wildman–Crippen LogP) is 3.06. The third-order valence-electron chi connectivity index (χ3n) is 4.68. The highest BCUT2D eigenvalue weighted by atomic mass is 35.5. The molecule has 0 saturated carbocycles. The summed E-state index contributed by atoms with van der Waals surface area (Å²) in [7, 11) is 0. The number of hydrazone groups is 1. The quantitative estimate of drug-likeness (QED) is 0.341. The molecule has 1 atom stereocenters. The first-order valence-electron chi connectivity index (χ1n) is 10.4. The van der Waals surface area contributed by atoms with Gasteiger partial charge >= 0.3 is 11.8 Å². The Hall–Kier alpha value is -3.10. The Morgan fingerprint density at radius 2 is 1.97 bits per heavy atom. The van der Waals surface area contributed by atoms with Crippen molar-refractivity contribution in [2.45, 2.75) is 32.5 Å². The lowest BCUT2D eigenvalue weighted by molar-refractivity contribution is -0.139. The number of ether oxygens (including phenoxy) is 3. The van der Waals surface area contributed by atoms with Crippen molar-refractivity contribution in [2.24, 2.45) is 5.10 Å². The standard InChI is InChI=1S/C23H26ClN3O5/c1-2-30-21-12-17(7-10-20(21)32-15-16-5-8-18(24)9-6-16)13-26-27-23(29)22(28)25-14-19-4-3-11-31-19/h5-10,12-13,19H,2-4,11,14-15H2,1H3,(H,25,28)(H,27,29)/b26-13-/t19-/m1/s1. The van der Waals surface area contributed by atoms with Crippen LogP contribution >= 0.6 is 11.6 Å². The molecule has 0 aromatic heterocycles. The van der Waals surface area contributed by atoms with Crippen LogP contribution in [0.2, 0.25) is 5.02 Å². The number of hydrogen-bond acceptors (Lipinski definition) is 6. The van der Waals surface area contributed by atoms with Crippen LogP contribution < -0.4 is 20.2 Å². The van der Waals surface area contributed by atoms with Crippen molar-refractivity contribution in [2.75, 3.05) is 19.8 Å². The molecule has 8 nitrogen and oxygen atoms in total. The number of hydrogen-bond donors (Lipinski definition) is 2. The lowest BCUT2D eigenvalue weighted by atomic mass is 10.2. The second-order valence-corrected chi connectivity index (χ2v) is 7.53. The van der Waals surface area contributed by atoms with E-state index in [9.17, 15) is 9.59 Å². The van der Waals surface area contributed by atoms with Crippen LogP contribution in [0.3, 0.4) is 0 Å². The van der Waals surface area contributed by atoms with Crippen molar-refractivity contribution in [3.63, 3.8) is 0 Å². The first-order valence-corrected chi connectivity index (χ1v) is 10.8. The summed E-state index contributed by atoms with van der Waals surface area (Å²) in [5, 5.41) is 7.06. The fraction of sp³-hybridized carbons (Fsp3) is 0.348. The maximum Gasteiger partial charge on any atom is 0.329 e. The van der Waals surface area contributed by atoms with E-state index in [0.29, 0.717) is 48.5 Å². The van der Waals surface area contributed by atoms with Crippen molar-refractivity contribution < 1.29 is 23.8 Å². The molecule has 0 radical (unpaired) electrons. The zero-order chi connectivity index (χ0) is 22.8. The van der Waals surface area contributed by atoms with Gasteiger partial charge in [-0.15, -0.1) is 0 Å². The summed E-state index contributed by atoms with van der Waals surface area (Å²) in [5.41, 5.74) is 3.87. The van der Waals surface area contributed by atoms with Crippen molar-refractivity contribution in [3.8, 4) is 11.5 Å². The molecule has 2 N–H and O–H groups in total. The molecule has 1 saturated heterocycles. The van der Waals surface area contributed by atoms with Crippen LogP contribution in [0.4, 0.5) is 0 Å². The lowest BCUT2D eigenvalue weighted by Crippen LogP contribution is -2.41. The van der Waals surface area contributed by atoms with Gasteiger partial charge in [0.15, 0.2) is 11.5 Å². The zero-order valence-electron chi connectivity index (χ0n) is 17.8. The average Bonchev–Trinajstić information content (AvgIpc) is 3.32. The molecule has 170 valence electrons. The molecule has 3 rings (SSSR count). The van der Waals surface area contributed by atoms with E-state index in [0.717, 1.165) is 18.4 Å². The Morgan fingerprint density at radius 3 is 2.69 bits per heavy atom. The second-order valence-electron chi connectivity index (χ2n) is 7.10. The number of nitrogens with one attached hydrogen (secondary N) is 2. The van der Waals surface area contributed by atoms with Gasteiger partial charge in [0.1, 0.15) is 6.61 Å². The number of amides is 2. The molecular weight excluding hydrogens is 434 g/mol. The largest absolute Gasteiger partial charge is 0.490 e. The molecule has 1 aliphatic heterocycles.